The van der Waals surface area contributed by atoms with E-state index < -0.39 is 10.0 Å². The van der Waals surface area contributed by atoms with E-state index in [0.717, 1.165) is 4.68 Å². The second-order valence-electron chi connectivity index (χ2n) is 6.13. The Morgan fingerprint density at radius 1 is 1.19 bits per heavy atom. The zero-order chi connectivity index (χ0) is 18.9. The van der Waals surface area contributed by atoms with Gasteiger partial charge in [-0.25, -0.2) is 17.5 Å². The van der Waals surface area contributed by atoms with E-state index in [-0.39, 0.29) is 47.5 Å². The second kappa shape index (κ2) is 7.26. The lowest BCUT2D eigenvalue weighted by Crippen LogP contribution is -2.41. The van der Waals surface area contributed by atoms with Gasteiger partial charge in [-0.2, -0.15) is 9.40 Å². The van der Waals surface area contributed by atoms with Gasteiger partial charge in [0.1, 0.15) is 10.7 Å². The van der Waals surface area contributed by atoms with Gasteiger partial charge in [-0.05, 0) is 31.5 Å². The summed E-state index contributed by atoms with van der Waals surface area (Å²) in [5, 5.41) is 4.14. The number of hydrogen-bond acceptors (Lipinski definition) is 5. The van der Waals surface area contributed by atoms with E-state index in [1.54, 1.807) is 13.8 Å². The molecule has 1 fully saturated rings. The molecule has 9 heteroatoms. The van der Waals surface area contributed by atoms with E-state index in [4.69, 9.17) is 4.74 Å². The summed E-state index contributed by atoms with van der Waals surface area (Å²) in [5.41, 5.74) is 1.18. The molecule has 1 saturated heterocycles. The maximum Gasteiger partial charge on any atom is 0.251 e. The number of halogens is 1. The van der Waals surface area contributed by atoms with Crippen LogP contribution in [0.1, 0.15) is 21.7 Å². The first-order valence-electron chi connectivity index (χ1n) is 8.22. The van der Waals surface area contributed by atoms with Crippen molar-refractivity contribution in [3.8, 4) is 0 Å². The molecule has 3 rings (SSSR count). The van der Waals surface area contributed by atoms with E-state index >= 15 is 0 Å². The molecule has 0 atom stereocenters. The molecule has 140 valence electrons. The van der Waals surface area contributed by atoms with Gasteiger partial charge < -0.3 is 4.74 Å². The summed E-state index contributed by atoms with van der Waals surface area (Å²) in [6, 6.07) is 5.59. The molecule has 0 unspecified atom stereocenters. The normalized spacial score (nSPS) is 16.0. The SMILES string of the molecule is Cc1nn(C(=O)Cc2ccc(F)cc2)c(C)c1S(=O)(=O)N1CCOCC1. The maximum atomic E-state index is 13.0. The zero-order valence-electron chi connectivity index (χ0n) is 14.6. The van der Waals surface area contributed by atoms with E-state index in [1.165, 1.54) is 28.6 Å². The van der Waals surface area contributed by atoms with Gasteiger partial charge in [-0.15, -0.1) is 0 Å². The summed E-state index contributed by atoms with van der Waals surface area (Å²) >= 11 is 0. The van der Waals surface area contributed by atoms with Crippen LogP contribution in [0.15, 0.2) is 29.2 Å². The third-order valence-corrected chi connectivity index (χ3v) is 6.45. The summed E-state index contributed by atoms with van der Waals surface area (Å²) in [7, 11) is -3.75. The van der Waals surface area contributed by atoms with Crippen LogP contribution in [0.4, 0.5) is 4.39 Å². The van der Waals surface area contributed by atoms with Crippen LogP contribution in [0.25, 0.3) is 0 Å². The number of ether oxygens (including phenoxy) is 1. The topological polar surface area (TPSA) is 81.5 Å². The van der Waals surface area contributed by atoms with Crippen molar-refractivity contribution >= 4 is 15.9 Å². The van der Waals surface area contributed by atoms with Gasteiger partial charge in [0.15, 0.2) is 0 Å². The molecule has 0 bridgehead atoms. The average Bonchev–Trinajstić information content (AvgIpc) is 2.93. The molecule has 1 aromatic carbocycles. The summed E-state index contributed by atoms with van der Waals surface area (Å²) in [6.45, 7) is 4.37. The lowest BCUT2D eigenvalue weighted by atomic mass is 10.1. The van der Waals surface area contributed by atoms with Crippen LogP contribution in [0.3, 0.4) is 0 Å². The van der Waals surface area contributed by atoms with Crippen molar-refractivity contribution in [2.75, 3.05) is 26.3 Å². The molecule has 0 amide bonds. The number of nitrogens with zero attached hydrogens (tertiary/aromatic N) is 3. The molecule has 0 saturated carbocycles. The maximum absolute atomic E-state index is 13.0. The highest BCUT2D eigenvalue weighted by Crippen LogP contribution is 2.24. The Bertz CT molecular complexity index is 916. The summed E-state index contributed by atoms with van der Waals surface area (Å²) in [5.74, 6) is -0.758. The molecule has 0 radical (unpaired) electrons. The van der Waals surface area contributed by atoms with Gasteiger partial charge in [0.25, 0.3) is 5.91 Å². The van der Waals surface area contributed by atoms with Crippen LogP contribution in [0.5, 0.6) is 0 Å². The Hall–Kier alpha value is -2.10. The van der Waals surface area contributed by atoms with Gasteiger partial charge >= 0.3 is 0 Å². The Morgan fingerprint density at radius 2 is 1.81 bits per heavy atom. The van der Waals surface area contributed by atoms with Gasteiger partial charge in [-0.3, -0.25) is 4.79 Å². The molecule has 1 aliphatic rings. The second-order valence-corrected chi connectivity index (χ2v) is 8.00. The van der Waals surface area contributed by atoms with Crippen molar-refractivity contribution in [3.05, 3.63) is 47.0 Å². The number of carbonyl (C=O) groups is 1. The standard InChI is InChI=1S/C17H20FN3O4S/c1-12-17(26(23,24)20-7-9-25-10-8-20)13(2)21(19-12)16(22)11-14-3-5-15(18)6-4-14/h3-6H,7-11H2,1-2H3. The first-order valence-corrected chi connectivity index (χ1v) is 9.66. The van der Waals surface area contributed by atoms with Crippen LogP contribution in [0, 0.1) is 19.7 Å². The molecular formula is C17H20FN3O4S. The van der Waals surface area contributed by atoms with Crippen LogP contribution < -0.4 is 0 Å². The quantitative estimate of drug-likeness (QED) is 0.803. The van der Waals surface area contributed by atoms with Crippen LogP contribution in [-0.4, -0.2) is 54.7 Å². The van der Waals surface area contributed by atoms with E-state index in [2.05, 4.69) is 5.10 Å². The molecule has 0 N–H and O–H groups in total. The van der Waals surface area contributed by atoms with E-state index in [9.17, 15) is 17.6 Å². The summed E-state index contributed by atoms with van der Waals surface area (Å²) in [6.07, 6.45) is -0.000712. The van der Waals surface area contributed by atoms with E-state index in [0.29, 0.717) is 18.8 Å². The van der Waals surface area contributed by atoms with Gasteiger partial charge in [0, 0.05) is 13.1 Å². The first-order chi connectivity index (χ1) is 12.3. The predicted octanol–water partition coefficient (Wildman–Crippen LogP) is 1.54. The van der Waals surface area contributed by atoms with Crippen molar-refractivity contribution in [2.45, 2.75) is 25.2 Å². The Morgan fingerprint density at radius 3 is 2.42 bits per heavy atom. The highest BCUT2D eigenvalue weighted by atomic mass is 32.2. The fraction of sp³-hybridized carbons (Fsp3) is 0.412. The number of aryl methyl sites for hydroxylation is 1. The summed E-state index contributed by atoms with van der Waals surface area (Å²) < 4.78 is 46.5. The molecule has 2 heterocycles. The minimum absolute atomic E-state index is 0.000712. The van der Waals surface area contributed by atoms with Crippen LogP contribution >= 0.6 is 0 Å². The smallest absolute Gasteiger partial charge is 0.251 e. The number of benzene rings is 1. The fourth-order valence-corrected chi connectivity index (χ4v) is 4.77. The zero-order valence-corrected chi connectivity index (χ0v) is 15.4. The third-order valence-electron chi connectivity index (χ3n) is 4.30. The van der Waals surface area contributed by atoms with E-state index in [1.807, 2.05) is 0 Å². The number of sulfonamides is 1. The van der Waals surface area contributed by atoms with Crippen LogP contribution in [-0.2, 0) is 21.2 Å². The van der Waals surface area contributed by atoms with Gasteiger partial charge in [-0.1, -0.05) is 12.1 Å². The Kier molecular flexibility index (Phi) is 5.22. The monoisotopic (exact) mass is 381 g/mol. The Balaban J connectivity index is 1.89. The minimum Gasteiger partial charge on any atom is -0.379 e. The largest absolute Gasteiger partial charge is 0.379 e. The predicted molar refractivity (Wildman–Crippen MR) is 92.0 cm³/mol. The number of carbonyl (C=O) groups excluding carboxylic acids is 1. The van der Waals surface area contributed by atoms with Gasteiger partial charge in [0.05, 0.1) is 31.0 Å². The van der Waals surface area contributed by atoms with Crippen molar-refractivity contribution < 1.29 is 22.3 Å². The molecule has 1 aliphatic heterocycles. The number of aromatic nitrogens is 2. The van der Waals surface area contributed by atoms with Gasteiger partial charge in [0.2, 0.25) is 10.0 Å². The summed E-state index contributed by atoms with van der Waals surface area (Å²) in [4.78, 5) is 12.6. The molecule has 0 spiro atoms. The number of hydrogen-bond donors (Lipinski definition) is 0. The third kappa shape index (κ3) is 3.55. The lowest BCUT2D eigenvalue weighted by molar-refractivity contribution is 0.0730. The minimum atomic E-state index is -3.75. The van der Waals surface area contributed by atoms with Crippen LogP contribution in [0.2, 0.25) is 0 Å². The Labute approximate surface area is 151 Å². The highest BCUT2D eigenvalue weighted by Gasteiger charge is 2.33. The lowest BCUT2D eigenvalue weighted by Gasteiger charge is -2.26. The molecule has 7 nitrogen and oxygen atoms in total. The number of rotatable bonds is 4. The van der Waals surface area contributed by atoms with Crippen molar-refractivity contribution in [1.82, 2.24) is 14.1 Å². The highest BCUT2D eigenvalue weighted by molar-refractivity contribution is 7.89. The molecule has 2 aromatic rings. The average molecular weight is 381 g/mol. The molecule has 0 aliphatic carbocycles. The fourth-order valence-electron chi connectivity index (χ4n) is 3.01. The van der Waals surface area contributed by atoms with Crippen molar-refractivity contribution in [3.63, 3.8) is 0 Å². The van der Waals surface area contributed by atoms with Crippen molar-refractivity contribution in [1.29, 1.82) is 0 Å². The molecule has 26 heavy (non-hydrogen) atoms. The molecular weight excluding hydrogens is 361 g/mol. The first kappa shape index (κ1) is 18.7. The number of morpholine rings is 1. The molecule has 1 aromatic heterocycles. The van der Waals surface area contributed by atoms with Crippen molar-refractivity contribution in [2.24, 2.45) is 0 Å².